The van der Waals surface area contributed by atoms with Gasteiger partial charge in [0.1, 0.15) is 36.9 Å². The molecule has 0 spiro atoms. The number of unbranched alkanes of at least 4 members (excludes halogenated alkanes) is 4. The van der Waals surface area contributed by atoms with Crippen LogP contribution in [0.2, 0.25) is 0 Å². The predicted molar refractivity (Wildman–Crippen MR) is 187 cm³/mol. The molecule has 2 N–H and O–H groups in total. The van der Waals surface area contributed by atoms with Crippen molar-refractivity contribution in [1.82, 2.24) is 0 Å². The smallest absolute Gasteiger partial charge is 0.306 e. The molecule has 4 rings (SSSR count). The second kappa shape index (κ2) is 19.5. The number of anilines is 4. The maximum Gasteiger partial charge on any atom is 0.306 e. The number of nitrogens with one attached hydrogen (secondary N) is 2. The molecule has 0 saturated carbocycles. The summed E-state index contributed by atoms with van der Waals surface area (Å²) in [6.07, 6.45) is 4.32. The third-order valence-corrected chi connectivity index (χ3v) is 7.23. The normalized spacial score (nSPS) is 12.0. The van der Waals surface area contributed by atoms with Gasteiger partial charge in [0.25, 0.3) is 0 Å². The molecule has 248 valence electrons. The molecule has 0 aliphatic heterocycles. The van der Waals surface area contributed by atoms with Gasteiger partial charge >= 0.3 is 11.9 Å². The monoisotopic (exact) mass is 638 g/mol. The van der Waals surface area contributed by atoms with E-state index in [0.29, 0.717) is 12.8 Å². The summed E-state index contributed by atoms with van der Waals surface area (Å²) >= 11 is 0. The lowest BCUT2D eigenvalue weighted by Gasteiger charge is -2.15. The molecule has 2 atom stereocenters. The first-order valence-corrected chi connectivity index (χ1v) is 16.4. The van der Waals surface area contributed by atoms with Crippen LogP contribution in [0, 0.1) is 0 Å². The molecule has 0 fully saturated rings. The second-order valence-corrected chi connectivity index (χ2v) is 11.5. The average Bonchev–Trinajstić information content (AvgIpc) is 3.08. The van der Waals surface area contributed by atoms with Crippen molar-refractivity contribution in [1.29, 1.82) is 0 Å². The van der Waals surface area contributed by atoms with Crippen LogP contribution < -0.4 is 20.1 Å². The maximum absolute atomic E-state index is 12.2. The molecule has 0 bridgehead atoms. The lowest BCUT2D eigenvalue weighted by Crippen LogP contribution is -2.22. The molecule has 0 amide bonds. The average molecular weight is 639 g/mol. The highest BCUT2D eigenvalue weighted by molar-refractivity contribution is 5.70. The van der Waals surface area contributed by atoms with Crippen LogP contribution in [-0.4, -0.2) is 37.4 Å². The first-order valence-electron chi connectivity index (χ1n) is 16.4. The number of carbonyl (C=O) groups is 2. The Morgan fingerprint density at radius 1 is 0.489 bits per heavy atom. The Morgan fingerprint density at radius 2 is 0.830 bits per heavy atom. The van der Waals surface area contributed by atoms with Gasteiger partial charge in [-0.1, -0.05) is 55.7 Å². The molecule has 4 aromatic carbocycles. The van der Waals surface area contributed by atoms with Crippen LogP contribution in [0.5, 0.6) is 11.5 Å². The summed E-state index contributed by atoms with van der Waals surface area (Å²) in [7, 11) is 0. The van der Waals surface area contributed by atoms with E-state index in [1.54, 1.807) is 0 Å². The first-order chi connectivity index (χ1) is 22.9. The van der Waals surface area contributed by atoms with Crippen molar-refractivity contribution in [2.75, 3.05) is 23.8 Å². The molecule has 8 heteroatoms. The van der Waals surface area contributed by atoms with E-state index in [-0.39, 0.29) is 37.4 Å². The predicted octanol–water partition coefficient (Wildman–Crippen LogP) is 9.23. The molecule has 0 radical (unpaired) electrons. The molecular formula is C39H46N2O6. The zero-order valence-corrected chi connectivity index (χ0v) is 27.4. The number of hydrogen-bond donors (Lipinski definition) is 2. The van der Waals surface area contributed by atoms with E-state index in [9.17, 15) is 9.59 Å². The minimum atomic E-state index is -0.341. The quantitative estimate of drug-likeness (QED) is 0.0731. The van der Waals surface area contributed by atoms with Gasteiger partial charge in [-0.3, -0.25) is 9.59 Å². The Kier molecular flexibility index (Phi) is 14.5. The Balaban J connectivity index is 0.976. The standard InChI is InChI=1S/C39H46N2O6/c1-30(28-44-36-24-20-34(21-25-36)40-32-14-8-6-9-15-32)46-38(42)18-12-4-3-5-13-19-39(43)47-31(2)29-45-37-26-22-35(23-27-37)41-33-16-10-7-11-17-33/h6-11,14-17,20-27,30-31,40-41H,3-5,12-13,18-19,28-29H2,1-2H3. The molecule has 2 unspecified atom stereocenters. The molecule has 0 aliphatic carbocycles. The van der Waals surface area contributed by atoms with E-state index in [1.165, 1.54) is 0 Å². The van der Waals surface area contributed by atoms with Crippen LogP contribution >= 0.6 is 0 Å². The van der Waals surface area contributed by atoms with Gasteiger partial charge in [0.2, 0.25) is 0 Å². The van der Waals surface area contributed by atoms with Crippen LogP contribution in [0.1, 0.15) is 58.8 Å². The molecular weight excluding hydrogens is 592 g/mol. The van der Waals surface area contributed by atoms with E-state index in [2.05, 4.69) is 10.6 Å². The molecule has 0 heterocycles. The van der Waals surface area contributed by atoms with Crippen LogP contribution in [-0.2, 0) is 19.1 Å². The molecule has 4 aromatic rings. The molecule has 0 saturated heterocycles. The topological polar surface area (TPSA) is 95.1 Å². The van der Waals surface area contributed by atoms with Crippen molar-refractivity contribution < 1.29 is 28.5 Å². The van der Waals surface area contributed by atoms with E-state index in [1.807, 2.05) is 123 Å². The van der Waals surface area contributed by atoms with E-state index < -0.39 is 0 Å². The van der Waals surface area contributed by atoms with E-state index >= 15 is 0 Å². The number of carbonyl (C=O) groups excluding carboxylic acids is 2. The Labute approximate surface area is 278 Å². The summed E-state index contributed by atoms with van der Waals surface area (Å²) in [5.41, 5.74) is 3.97. The van der Waals surface area contributed by atoms with Crippen molar-refractivity contribution >= 4 is 34.7 Å². The van der Waals surface area contributed by atoms with Gasteiger partial charge in [0.05, 0.1) is 0 Å². The highest BCUT2D eigenvalue weighted by Gasteiger charge is 2.12. The van der Waals surface area contributed by atoms with Gasteiger partial charge in [-0.2, -0.15) is 0 Å². The SMILES string of the molecule is CC(COc1ccc(Nc2ccccc2)cc1)OC(=O)CCCCCCCC(=O)OC(C)COc1ccc(Nc2ccccc2)cc1. The summed E-state index contributed by atoms with van der Waals surface area (Å²) in [5, 5.41) is 6.67. The third kappa shape index (κ3) is 13.9. The van der Waals surface area contributed by atoms with Crippen LogP contribution in [0.25, 0.3) is 0 Å². The summed E-state index contributed by atoms with van der Waals surface area (Å²) in [4.78, 5) is 24.5. The fourth-order valence-electron chi connectivity index (χ4n) is 4.78. The van der Waals surface area contributed by atoms with Gasteiger partial charge in [0, 0.05) is 35.6 Å². The molecule has 8 nitrogen and oxygen atoms in total. The fourth-order valence-corrected chi connectivity index (χ4v) is 4.78. The van der Waals surface area contributed by atoms with E-state index in [0.717, 1.165) is 66.4 Å². The Bertz CT molecular complexity index is 1350. The number of rotatable bonds is 20. The van der Waals surface area contributed by atoms with Crippen LogP contribution in [0.15, 0.2) is 109 Å². The highest BCUT2D eigenvalue weighted by atomic mass is 16.6. The third-order valence-electron chi connectivity index (χ3n) is 7.23. The van der Waals surface area contributed by atoms with Gasteiger partial charge < -0.3 is 29.6 Å². The Morgan fingerprint density at radius 3 is 1.21 bits per heavy atom. The van der Waals surface area contributed by atoms with Crippen LogP contribution in [0.4, 0.5) is 22.7 Å². The lowest BCUT2D eigenvalue weighted by molar-refractivity contribution is -0.150. The highest BCUT2D eigenvalue weighted by Crippen LogP contribution is 2.21. The molecule has 47 heavy (non-hydrogen) atoms. The number of ether oxygens (including phenoxy) is 4. The zero-order chi connectivity index (χ0) is 33.1. The molecule has 0 aliphatic rings. The maximum atomic E-state index is 12.2. The summed E-state index contributed by atoms with van der Waals surface area (Å²) in [6.45, 7) is 4.24. The van der Waals surface area contributed by atoms with E-state index in [4.69, 9.17) is 18.9 Å². The first kappa shape index (κ1) is 34.9. The summed E-state index contributed by atoms with van der Waals surface area (Å²) in [5.74, 6) is 1.000. The van der Waals surface area contributed by atoms with Gasteiger partial charge in [0.15, 0.2) is 0 Å². The molecule has 0 aromatic heterocycles. The second-order valence-electron chi connectivity index (χ2n) is 11.5. The minimum absolute atomic E-state index is 0.219. The lowest BCUT2D eigenvalue weighted by atomic mass is 10.1. The largest absolute Gasteiger partial charge is 0.490 e. The zero-order valence-electron chi connectivity index (χ0n) is 27.4. The van der Waals surface area contributed by atoms with Crippen molar-refractivity contribution in [3.05, 3.63) is 109 Å². The van der Waals surface area contributed by atoms with Crippen LogP contribution in [0.3, 0.4) is 0 Å². The van der Waals surface area contributed by atoms with Gasteiger partial charge in [-0.05, 0) is 99.5 Å². The van der Waals surface area contributed by atoms with Crippen molar-refractivity contribution in [3.8, 4) is 11.5 Å². The number of benzene rings is 4. The summed E-state index contributed by atoms with van der Waals surface area (Å²) in [6, 6.07) is 35.3. The number of hydrogen-bond acceptors (Lipinski definition) is 8. The number of esters is 2. The summed E-state index contributed by atoms with van der Waals surface area (Å²) < 4.78 is 22.6. The van der Waals surface area contributed by atoms with Crippen molar-refractivity contribution in [3.63, 3.8) is 0 Å². The van der Waals surface area contributed by atoms with Crippen molar-refractivity contribution in [2.24, 2.45) is 0 Å². The van der Waals surface area contributed by atoms with Gasteiger partial charge in [-0.25, -0.2) is 0 Å². The fraction of sp³-hybridized carbons (Fsp3) is 0.333. The number of para-hydroxylation sites is 2. The Hall–Kier alpha value is -4.98. The minimum Gasteiger partial charge on any atom is -0.490 e. The van der Waals surface area contributed by atoms with Gasteiger partial charge in [-0.15, -0.1) is 0 Å². The van der Waals surface area contributed by atoms with Crippen molar-refractivity contribution in [2.45, 2.75) is 71.0 Å².